The van der Waals surface area contributed by atoms with E-state index in [4.69, 9.17) is 19.5 Å². The third kappa shape index (κ3) is 13.0. The number of ether oxygens (including phenoxy) is 1. The Hall–Kier alpha value is -3.42. The fraction of sp³-hybridized carbons (Fsp3) is 0.517. The first-order valence-corrected chi connectivity index (χ1v) is 22.4. The van der Waals surface area contributed by atoms with Crippen molar-refractivity contribution in [2.24, 2.45) is 5.41 Å². The van der Waals surface area contributed by atoms with Gasteiger partial charge in [-0.15, -0.1) is 0 Å². The van der Waals surface area contributed by atoms with Gasteiger partial charge in [-0.05, 0) is 12.1 Å². The molecule has 1 saturated heterocycles. The number of imidazole rings is 1. The van der Waals surface area contributed by atoms with Crippen molar-refractivity contribution in [3.63, 3.8) is 0 Å². The number of phosphoric acid groups is 3. The normalized spacial score (nSPS) is 21.2. The number of para-hydroxylation sites is 1. The van der Waals surface area contributed by atoms with Crippen LogP contribution in [0.5, 0.6) is 0 Å². The molecule has 3 aromatic rings. The molecule has 11 N–H and O–H groups in total. The molecule has 2 aromatic heterocycles. The number of nitrogens with zero attached hydrogens (tertiary/aromatic N) is 4. The average molecular weight is 901 g/mol. The number of benzene rings is 1. The molecule has 3 heterocycles. The molecule has 7 atom stereocenters. The van der Waals surface area contributed by atoms with Crippen molar-refractivity contribution in [2.45, 2.75) is 50.9 Å². The van der Waals surface area contributed by atoms with Gasteiger partial charge < -0.3 is 56.2 Å². The summed E-state index contributed by atoms with van der Waals surface area (Å²) in [4.78, 5) is 88.3. The molecule has 1 aliphatic heterocycles. The van der Waals surface area contributed by atoms with Gasteiger partial charge in [-0.25, -0.2) is 28.6 Å². The van der Waals surface area contributed by atoms with Crippen molar-refractivity contribution in [3.8, 4) is 0 Å². The standard InChI is InChI=1S/C29H43N8O17P3S/c1-29(2,23(40)26(41)33-9-8-19(38)32-10-11-58-28(42)16-6-4-5-7-17(16)31-3)13-51-57(48,49)54-56(46,47)50-12-18-22(53-55(43,44)45)21(39)27(52-18)37-15-36-20-24(30)34-14-35-25(20)37/h4-7,14-15,18,21-23,27,31,39-40H,8-13H2,1-3H3,(H,32,38)(H,33,41)(H,46,47)(H,48,49)(H2,30,34,35)(H2,43,44,45)/t18-,21-,22-,23?,27-/m1/s1. The second-order valence-electron chi connectivity index (χ2n) is 13.0. The fourth-order valence-corrected chi connectivity index (χ4v) is 8.78. The van der Waals surface area contributed by atoms with Crippen molar-refractivity contribution in [1.29, 1.82) is 0 Å². The molecule has 4 rings (SSSR count). The van der Waals surface area contributed by atoms with E-state index in [2.05, 4.69) is 39.7 Å². The van der Waals surface area contributed by atoms with Crippen LogP contribution in [0.2, 0.25) is 0 Å². The van der Waals surface area contributed by atoms with Gasteiger partial charge in [-0.2, -0.15) is 4.31 Å². The van der Waals surface area contributed by atoms with Crippen molar-refractivity contribution >= 4 is 74.8 Å². The second kappa shape index (κ2) is 19.8. The van der Waals surface area contributed by atoms with Gasteiger partial charge >= 0.3 is 23.5 Å². The smallest absolute Gasteiger partial charge is 0.388 e. The van der Waals surface area contributed by atoms with Crippen LogP contribution in [0.15, 0.2) is 36.9 Å². The largest absolute Gasteiger partial charge is 0.481 e. The van der Waals surface area contributed by atoms with Gasteiger partial charge in [0.25, 0.3) is 0 Å². The number of amides is 2. The molecule has 0 aliphatic carbocycles. The summed E-state index contributed by atoms with van der Waals surface area (Å²) >= 11 is 1.01. The molecule has 1 aliphatic rings. The quantitative estimate of drug-likeness (QED) is 0.0497. The summed E-state index contributed by atoms with van der Waals surface area (Å²) in [6.45, 7) is 0.414. The number of nitrogens with two attached hydrogens (primary N) is 1. The lowest BCUT2D eigenvalue weighted by molar-refractivity contribution is -0.137. The maximum atomic E-state index is 12.7. The first kappa shape index (κ1) is 47.3. The third-order valence-electron chi connectivity index (χ3n) is 8.15. The van der Waals surface area contributed by atoms with E-state index in [0.29, 0.717) is 11.3 Å². The van der Waals surface area contributed by atoms with Crippen LogP contribution in [-0.2, 0) is 45.9 Å². The Kier molecular flexibility index (Phi) is 16.1. The zero-order valence-electron chi connectivity index (χ0n) is 30.9. The Balaban J connectivity index is 1.23. The molecular weight excluding hydrogens is 857 g/mol. The van der Waals surface area contributed by atoms with Crippen LogP contribution < -0.4 is 21.7 Å². The molecule has 25 nitrogen and oxygen atoms in total. The van der Waals surface area contributed by atoms with E-state index in [9.17, 15) is 57.9 Å². The maximum absolute atomic E-state index is 12.7. The van der Waals surface area contributed by atoms with E-state index in [1.54, 1.807) is 31.3 Å². The average Bonchev–Trinajstić information content (AvgIpc) is 3.71. The van der Waals surface area contributed by atoms with Crippen molar-refractivity contribution < 1.29 is 80.5 Å². The molecule has 3 unspecified atom stereocenters. The van der Waals surface area contributed by atoms with E-state index < -0.39 is 84.6 Å². The van der Waals surface area contributed by atoms with Crippen LogP contribution in [0.4, 0.5) is 11.5 Å². The molecule has 29 heteroatoms. The summed E-state index contributed by atoms with van der Waals surface area (Å²) in [5.41, 5.74) is 5.41. The van der Waals surface area contributed by atoms with Crippen molar-refractivity contribution in [3.05, 3.63) is 42.5 Å². The summed E-state index contributed by atoms with van der Waals surface area (Å²) < 4.78 is 62.2. The first-order valence-electron chi connectivity index (χ1n) is 16.9. The van der Waals surface area contributed by atoms with Crippen molar-refractivity contribution in [1.82, 2.24) is 30.2 Å². The van der Waals surface area contributed by atoms with Crippen LogP contribution in [0, 0.1) is 5.41 Å². The summed E-state index contributed by atoms with van der Waals surface area (Å²) in [6, 6.07) is 6.95. The van der Waals surface area contributed by atoms with E-state index in [1.807, 2.05) is 0 Å². The highest BCUT2D eigenvalue weighted by Gasteiger charge is 2.50. The molecule has 2 amide bonds. The number of hydrogen-bond donors (Lipinski definition) is 10. The Labute approximate surface area is 333 Å². The maximum Gasteiger partial charge on any atom is 0.481 e. The summed E-state index contributed by atoms with van der Waals surface area (Å²) in [5, 5.41) is 29.2. The lowest BCUT2D eigenvalue weighted by Crippen LogP contribution is -2.46. The number of hydrogen-bond acceptors (Lipinski definition) is 19. The van der Waals surface area contributed by atoms with Crippen molar-refractivity contribution in [2.75, 3.05) is 50.2 Å². The first-order chi connectivity index (χ1) is 27.0. The van der Waals surface area contributed by atoms with Gasteiger partial charge in [0, 0.05) is 43.4 Å². The van der Waals surface area contributed by atoms with Crippen LogP contribution >= 0.6 is 35.2 Å². The number of carbonyl (C=O) groups excluding carboxylic acids is 3. The minimum Gasteiger partial charge on any atom is -0.388 e. The highest BCUT2D eigenvalue weighted by Crippen LogP contribution is 2.61. The molecule has 1 fully saturated rings. The number of carbonyl (C=O) groups is 3. The van der Waals surface area contributed by atoms with Crippen LogP contribution in [0.3, 0.4) is 0 Å². The predicted molar refractivity (Wildman–Crippen MR) is 202 cm³/mol. The summed E-state index contributed by atoms with van der Waals surface area (Å²) in [6.07, 6.45) is -6.96. The number of aliphatic hydroxyl groups is 2. The molecule has 0 saturated carbocycles. The minimum atomic E-state index is -5.58. The zero-order valence-corrected chi connectivity index (χ0v) is 34.4. The third-order valence-corrected chi connectivity index (χ3v) is 12.1. The number of rotatable bonds is 21. The fourth-order valence-electron chi connectivity index (χ4n) is 5.23. The number of phosphoric ester groups is 3. The molecule has 0 radical (unpaired) electrons. The number of aromatic nitrogens is 4. The van der Waals surface area contributed by atoms with Crippen LogP contribution in [0.25, 0.3) is 11.2 Å². The van der Waals surface area contributed by atoms with Gasteiger partial charge in [0.05, 0.1) is 25.1 Å². The molecule has 58 heavy (non-hydrogen) atoms. The summed E-state index contributed by atoms with van der Waals surface area (Å²) in [7, 11) is -14.7. The van der Waals surface area contributed by atoms with Gasteiger partial charge in [-0.3, -0.25) is 32.5 Å². The number of fused-ring (bicyclic) bond motifs is 1. The molecule has 1 aromatic carbocycles. The number of thioether (sulfide) groups is 1. The number of aliphatic hydroxyl groups excluding tert-OH is 2. The highest BCUT2D eigenvalue weighted by atomic mass is 32.2. The lowest BCUT2D eigenvalue weighted by Gasteiger charge is -2.30. The molecule has 0 spiro atoms. The number of nitrogens with one attached hydrogen (secondary N) is 3. The number of nitrogen functional groups attached to an aromatic ring is 1. The second-order valence-corrected chi connectivity index (χ2v) is 18.3. The topological polar surface area (TPSA) is 376 Å². The summed E-state index contributed by atoms with van der Waals surface area (Å²) in [5.74, 6) is -1.20. The predicted octanol–water partition coefficient (Wildman–Crippen LogP) is 0.0202. The van der Waals surface area contributed by atoms with Gasteiger partial charge in [0.1, 0.15) is 36.3 Å². The van der Waals surface area contributed by atoms with Crippen LogP contribution in [-0.4, -0.2) is 130 Å². The van der Waals surface area contributed by atoms with E-state index in [-0.39, 0.29) is 47.4 Å². The SMILES string of the molecule is CNc1ccccc1C(=O)SCCNC(=O)CCNC(=O)C(O)C(C)(C)COP(=O)(O)OP(=O)(O)OC[C@H]1O[C@@H](n2cnc3c(N)ncnc32)[C@H](O)[C@@H]1OP(=O)(O)O. The Bertz CT molecular complexity index is 2090. The van der Waals surface area contributed by atoms with E-state index >= 15 is 0 Å². The van der Waals surface area contributed by atoms with Gasteiger partial charge in [0.2, 0.25) is 16.9 Å². The molecule has 0 bridgehead atoms. The van der Waals surface area contributed by atoms with Crippen LogP contribution in [0.1, 0.15) is 36.9 Å². The minimum absolute atomic E-state index is 0.0281. The van der Waals surface area contributed by atoms with E-state index in [1.165, 1.54) is 13.8 Å². The Morgan fingerprint density at radius 3 is 2.41 bits per heavy atom. The molecular formula is C29H43N8O17P3S. The Morgan fingerprint density at radius 2 is 1.72 bits per heavy atom. The number of anilines is 2. The Morgan fingerprint density at radius 1 is 1.03 bits per heavy atom. The lowest BCUT2D eigenvalue weighted by atomic mass is 9.87. The van der Waals surface area contributed by atoms with E-state index in [0.717, 1.165) is 29.0 Å². The monoisotopic (exact) mass is 900 g/mol. The zero-order chi connectivity index (χ0) is 43.1. The molecule has 322 valence electrons. The highest BCUT2D eigenvalue weighted by molar-refractivity contribution is 8.14. The van der Waals surface area contributed by atoms with Gasteiger partial charge in [-0.1, -0.05) is 37.7 Å². The van der Waals surface area contributed by atoms with Gasteiger partial charge in [0.15, 0.2) is 17.7 Å².